The Hall–Kier alpha value is -3.11. The monoisotopic (exact) mass is 402 g/mol. The average Bonchev–Trinajstić information content (AvgIpc) is 2.74. The van der Waals surface area contributed by atoms with E-state index < -0.39 is 11.7 Å². The molecular weight excluding hydrogens is 372 g/mol. The Balaban J connectivity index is 1.55. The number of amides is 1. The van der Waals surface area contributed by atoms with Crippen molar-refractivity contribution in [3.8, 4) is 11.1 Å². The van der Waals surface area contributed by atoms with Gasteiger partial charge in [0, 0.05) is 18.7 Å². The van der Waals surface area contributed by atoms with Gasteiger partial charge in [0.2, 0.25) is 0 Å². The number of carbonyl (C=O) groups excluding carboxylic acids is 1. The van der Waals surface area contributed by atoms with Crippen molar-refractivity contribution < 1.29 is 9.53 Å². The number of hydrogen-bond acceptors (Lipinski definition) is 3. The lowest BCUT2D eigenvalue weighted by Gasteiger charge is -2.28. The van der Waals surface area contributed by atoms with E-state index in [-0.39, 0.29) is 0 Å². The molecule has 0 aliphatic heterocycles. The molecule has 4 heteroatoms. The maximum absolute atomic E-state index is 12.6. The zero-order valence-corrected chi connectivity index (χ0v) is 18.0. The number of rotatable bonds is 8. The molecule has 0 unspecified atom stereocenters. The number of para-hydroxylation sites is 1. The lowest BCUT2D eigenvalue weighted by molar-refractivity contribution is 0.0353. The van der Waals surface area contributed by atoms with E-state index in [0.717, 1.165) is 36.3 Å². The van der Waals surface area contributed by atoms with E-state index in [1.165, 1.54) is 5.56 Å². The molecule has 0 aliphatic carbocycles. The van der Waals surface area contributed by atoms with Gasteiger partial charge in [0.25, 0.3) is 0 Å². The first-order valence-corrected chi connectivity index (χ1v) is 10.3. The third-order valence-corrected chi connectivity index (χ3v) is 5.01. The van der Waals surface area contributed by atoms with Gasteiger partial charge in [0.1, 0.15) is 5.60 Å². The van der Waals surface area contributed by atoms with E-state index in [1.807, 2.05) is 86.6 Å². The molecule has 0 aliphatic rings. The van der Waals surface area contributed by atoms with Gasteiger partial charge in [-0.25, -0.2) is 4.79 Å². The second-order valence-corrected chi connectivity index (χ2v) is 8.16. The second kappa shape index (κ2) is 10.1. The van der Waals surface area contributed by atoms with E-state index in [1.54, 1.807) is 0 Å². The van der Waals surface area contributed by atoms with Crippen molar-refractivity contribution in [1.29, 1.82) is 0 Å². The minimum absolute atomic E-state index is 0.436. The normalized spacial score (nSPS) is 11.3. The maximum atomic E-state index is 12.6. The summed E-state index contributed by atoms with van der Waals surface area (Å²) in [6.45, 7) is 5.60. The van der Waals surface area contributed by atoms with Gasteiger partial charge in [0.05, 0.1) is 5.69 Å². The van der Waals surface area contributed by atoms with Gasteiger partial charge in [-0.2, -0.15) is 0 Å². The summed E-state index contributed by atoms with van der Waals surface area (Å²) in [7, 11) is 2.08. The molecule has 3 aromatic rings. The van der Waals surface area contributed by atoms with Crippen molar-refractivity contribution in [3.63, 3.8) is 0 Å². The molecule has 0 radical (unpaired) electrons. The van der Waals surface area contributed by atoms with Gasteiger partial charge in [-0.15, -0.1) is 0 Å². The molecule has 0 heterocycles. The second-order valence-electron chi connectivity index (χ2n) is 8.16. The Morgan fingerprint density at radius 1 is 0.900 bits per heavy atom. The van der Waals surface area contributed by atoms with Crippen molar-refractivity contribution in [2.24, 2.45) is 0 Å². The zero-order valence-electron chi connectivity index (χ0n) is 18.0. The van der Waals surface area contributed by atoms with Crippen LogP contribution in [0.5, 0.6) is 0 Å². The maximum Gasteiger partial charge on any atom is 0.412 e. The van der Waals surface area contributed by atoms with Crippen LogP contribution in [0.15, 0.2) is 84.9 Å². The fraction of sp³-hybridized carbons (Fsp3) is 0.269. The van der Waals surface area contributed by atoms with Crippen LogP contribution in [0.1, 0.15) is 25.8 Å². The molecule has 0 atom stereocenters. The van der Waals surface area contributed by atoms with Crippen molar-refractivity contribution in [2.45, 2.75) is 32.4 Å². The number of anilines is 1. The van der Waals surface area contributed by atoms with Crippen LogP contribution in [0.3, 0.4) is 0 Å². The first kappa shape index (κ1) is 21.6. The van der Waals surface area contributed by atoms with Crippen LogP contribution in [0.25, 0.3) is 11.1 Å². The van der Waals surface area contributed by atoms with Crippen molar-refractivity contribution >= 4 is 11.8 Å². The van der Waals surface area contributed by atoms with Crippen molar-refractivity contribution in [3.05, 3.63) is 90.5 Å². The van der Waals surface area contributed by atoms with Gasteiger partial charge < -0.3 is 9.64 Å². The van der Waals surface area contributed by atoms with Crippen LogP contribution < -0.4 is 5.32 Å². The summed E-state index contributed by atoms with van der Waals surface area (Å²) in [6, 6.07) is 28.1. The summed E-state index contributed by atoms with van der Waals surface area (Å²) in [5, 5.41) is 2.92. The van der Waals surface area contributed by atoms with Crippen LogP contribution in [0.2, 0.25) is 0 Å². The predicted molar refractivity (Wildman–Crippen MR) is 123 cm³/mol. The summed E-state index contributed by atoms with van der Waals surface area (Å²) in [5.74, 6) is 0. The van der Waals surface area contributed by atoms with Gasteiger partial charge in [0.15, 0.2) is 0 Å². The molecular formula is C26H30N2O2. The molecule has 0 fully saturated rings. The predicted octanol–water partition coefficient (Wildman–Crippen LogP) is 6.20. The van der Waals surface area contributed by atoms with Crippen LogP contribution in [0.4, 0.5) is 10.5 Å². The Bertz CT molecular complexity index is 940. The smallest absolute Gasteiger partial charge is 0.412 e. The van der Waals surface area contributed by atoms with E-state index in [2.05, 4.69) is 29.4 Å². The third kappa shape index (κ3) is 6.46. The van der Waals surface area contributed by atoms with Crippen molar-refractivity contribution in [1.82, 2.24) is 4.90 Å². The number of nitrogens with zero attached hydrogens (tertiary/aromatic N) is 1. The molecule has 0 bridgehead atoms. The standard InChI is InChI=1S/C26H30N2O2/c1-26(2,18-19-28(3)20-21-12-6-4-7-13-21)30-25(29)27-24-17-11-10-16-23(24)22-14-8-5-9-15-22/h4-17H,18-20H2,1-3H3,(H,27,29). The topological polar surface area (TPSA) is 41.6 Å². The third-order valence-electron chi connectivity index (χ3n) is 5.01. The number of nitrogens with one attached hydrogen (secondary N) is 1. The van der Waals surface area contributed by atoms with E-state index in [9.17, 15) is 4.79 Å². The van der Waals surface area contributed by atoms with Crippen LogP contribution in [0, 0.1) is 0 Å². The number of carbonyl (C=O) groups is 1. The lowest BCUT2D eigenvalue weighted by Crippen LogP contribution is -2.34. The molecule has 1 amide bonds. The number of hydrogen-bond donors (Lipinski definition) is 1. The highest BCUT2D eigenvalue weighted by Crippen LogP contribution is 2.28. The average molecular weight is 403 g/mol. The van der Waals surface area contributed by atoms with Gasteiger partial charge >= 0.3 is 6.09 Å². The minimum Gasteiger partial charge on any atom is -0.443 e. The van der Waals surface area contributed by atoms with Gasteiger partial charge in [-0.1, -0.05) is 78.9 Å². The van der Waals surface area contributed by atoms with Crippen LogP contribution in [-0.4, -0.2) is 30.2 Å². The van der Waals surface area contributed by atoms with Gasteiger partial charge in [-0.3, -0.25) is 5.32 Å². The number of benzene rings is 3. The van der Waals surface area contributed by atoms with Crippen LogP contribution in [-0.2, 0) is 11.3 Å². The van der Waals surface area contributed by atoms with E-state index >= 15 is 0 Å². The summed E-state index contributed by atoms with van der Waals surface area (Å²) in [6.07, 6.45) is 0.304. The van der Waals surface area contributed by atoms with Crippen molar-refractivity contribution in [2.75, 3.05) is 18.9 Å². The summed E-state index contributed by atoms with van der Waals surface area (Å²) in [5.41, 5.74) is 3.46. The summed E-state index contributed by atoms with van der Waals surface area (Å²) < 4.78 is 5.76. The fourth-order valence-corrected chi connectivity index (χ4v) is 3.33. The quantitative estimate of drug-likeness (QED) is 0.487. The molecule has 156 valence electrons. The summed E-state index contributed by atoms with van der Waals surface area (Å²) in [4.78, 5) is 14.8. The Kier molecular flexibility index (Phi) is 7.26. The van der Waals surface area contributed by atoms with Gasteiger partial charge in [-0.05, 0) is 44.5 Å². The minimum atomic E-state index is -0.573. The molecule has 0 spiro atoms. The molecule has 3 aromatic carbocycles. The Morgan fingerprint density at radius 2 is 1.50 bits per heavy atom. The molecule has 4 nitrogen and oxygen atoms in total. The highest BCUT2D eigenvalue weighted by atomic mass is 16.6. The highest BCUT2D eigenvalue weighted by Gasteiger charge is 2.24. The summed E-state index contributed by atoms with van der Waals surface area (Å²) >= 11 is 0. The molecule has 3 rings (SSSR count). The molecule has 0 aromatic heterocycles. The Morgan fingerprint density at radius 3 is 2.20 bits per heavy atom. The molecule has 30 heavy (non-hydrogen) atoms. The Labute approximate surface area is 179 Å². The molecule has 0 saturated heterocycles. The number of ether oxygens (including phenoxy) is 1. The highest BCUT2D eigenvalue weighted by molar-refractivity contribution is 5.91. The fourth-order valence-electron chi connectivity index (χ4n) is 3.33. The largest absolute Gasteiger partial charge is 0.443 e. The zero-order chi connectivity index (χ0) is 21.4. The first-order valence-electron chi connectivity index (χ1n) is 10.3. The lowest BCUT2D eigenvalue weighted by atomic mass is 10.0. The molecule has 1 N–H and O–H groups in total. The van der Waals surface area contributed by atoms with E-state index in [4.69, 9.17) is 4.74 Å². The SMILES string of the molecule is CN(CCC(C)(C)OC(=O)Nc1ccccc1-c1ccccc1)Cc1ccccc1. The molecule has 0 saturated carbocycles. The van der Waals surface area contributed by atoms with Crippen LogP contribution >= 0.6 is 0 Å². The van der Waals surface area contributed by atoms with E-state index in [0.29, 0.717) is 0 Å². The first-order chi connectivity index (χ1) is 14.4.